The van der Waals surface area contributed by atoms with Crippen molar-refractivity contribution in [1.29, 1.82) is 0 Å². The number of rotatable bonds is 4. The Labute approximate surface area is 122 Å². The standard InChI is InChI=1S/C12H11BrFN3O3/c1-3-20-12(18)10-9(15-17-16-10)7-4-6(13)5-8(14)11(7)19-2/h4-5H,3H2,1-2H3,(H,15,16,17). The smallest absolute Gasteiger partial charge is 0.361 e. The van der Waals surface area contributed by atoms with Crippen molar-refractivity contribution in [2.24, 2.45) is 0 Å². The summed E-state index contributed by atoms with van der Waals surface area (Å²) in [5, 5.41) is 9.95. The SMILES string of the molecule is CCOC(=O)c1n[nH]nc1-c1cc(Br)cc(F)c1OC. The second-order valence-corrected chi connectivity index (χ2v) is 4.63. The van der Waals surface area contributed by atoms with Crippen LogP contribution in [0.15, 0.2) is 16.6 Å². The highest BCUT2D eigenvalue weighted by atomic mass is 79.9. The molecule has 2 aromatic rings. The Bertz CT molecular complexity index is 645. The van der Waals surface area contributed by atoms with Crippen LogP contribution in [-0.2, 0) is 4.74 Å². The largest absolute Gasteiger partial charge is 0.493 e. The van der Waals surface area contributed by atoms with Crippen LogP contribution in [0.25, 0.3) is 11.3 Å². The molecule has 0 atom stereocenters. The Hall–Kier alpha value is -1.96. The van der Waals surface area contributed by atoms with Gasteiger partial charge in [-0.05, 0) is 19.1 Å². The highest BCUT2D eigenvalue weighted by molar-refractivity contribution is 9.10. The van der Waals surface area contributed by atoms with E-state index in [4.69, 9.17) is 9.47 Å². The number of methoxy groups -OCH3 is 1. The number of hydrogen-bond acceptors (Lipinski definition) is 5. The van der Waals surface area contributed by atoms with E-state index in [1.165, 1.54) is 13.2 Å². The fraction of sp³-hybridized carbons (Fsp3) is 0.250. The Morgan fingerprint density at radius 1 is 1.45 bits per heavy atom. The van der Waals surface area contributed by atoms with Crippen molar-refractivity contribution in [2.75, 3.05) is 13.7 Å². The number of halogens is 2. The van der Waals surface area contributed by atoms with Crippen LogP contribution in [0.4, 0.5) is 4.39 Å². The minimum absolute atomic E-state index is 0.0207. The van der Waals surface area contributed by atoms with Gasteiger partial charge in [-0.2, -0.15) is 10.3 Å². The van der Waals surface area contributed by atoms with Crippen molar-refractivity contribution in [1.82, 2.24) is 15.4 Å². The van der Waals surface area contributed by atoms with Crippen LogP contribution in [0, 0.1) is 5.82 Å². The molecule has 0 spiro atoms. The molecule has 1 aromatic heterocycles. The molecule has 6 nitrogen and oxygen atoms in total. The summed E-state index contributed by atoms with van der Waals surface area (Å²) in [4.78, 5) is 11.8. The fourth-order valence-electron chi connectivity index (χ4n) is 1.70. The number of benzene rings is 1. The lowest BCUT2D eigenvalue weighted by Gasteiger charge is -2.09. The monoisotopic (exact) mass is 343 g/mol. The quantitative estimate of drug-likeness (QED) is 0.863. The number of ether oxygens (including phenoxy) is 2. The van der Waals surface area contributed by atoms with Gasteiger partial charge in [0.05, 0.1) is 19.3 Å². The molecule has 0 unspecified atom stereocenters. The van der Waals surface area contributed by atoms with Crippen molar-refractivity contribution in [3.8, 4) is 17.0 Å². The van der Waals surface area contributed by atoms with Gasteiger partial charge in [-0.15, -0.1) is 5.10 Å². The molecule has 1 aromatic carbocycles. The van der Waals surface area contributed by atoms with Crippen LogP contribution < -0.4 is 4.74 Å². The number of carbonyl (C=O) groups is 1. The Morgan fingerprint density at radius 2 is 2.20 bits per heavy atom. The predicted molar refractivity (Wildman–Crippen MR) is 72.0 cm³/mol. The first kappa shape index (κ1) is 14.4. The van der Waals surface area contributed by atoms with Gasteiger partial charge < -0.3 is 9.47 Å². The summed E-state index contributed by atoms with van der Waals surface area (Å²) in [6, 6.07) is 2.84. The average molecular weight is 344 g/mol. The van der Waals surface area contributed by atoms with E-state index in [0.717, 1.165) is 0 Å². The third-order valence-corrected chi connectivity index (χ3v) is 2.94. The van der Waals surface area contributed by atoms with E-state index in [1.54, 1.807) is 13.0 Å². The maximum Gasteiger partial charge on any atom is 0.361 e. The van der Waals surface area contributed by atoms with E-state index in [0.29, 0.717) is 10.0 Å². The van der Waals surface area contributed by atoms with Gasteiger partial charge in [-0.3, -0.25) is 0 Å². The van der Waals surface area contributed by atoms with Crippen LogP contribution in [0.5, 0.6) is 5.75 Å². The van der Waals surface area contributed by atoms with E-state index in [2.05, 4.69) is 31.3 Å². The lowest BCUT2D eigenvalue weighted by Crippen LogP contribution is -2.07. The van der Waals surface area contributed by atoms with Gasteiger partial charge in [0.15, 0.2) is 17.3 Å². The van der Waals surface area contributed by atoms with Gasteiger partial charge in [0.1, 0.15) is 5.69 Å². The van der Waals surface area contributed by atoms with Gasteiger partial charge >= 0.3 is 5.97 Å². The number of hydrogen-bond donors (Lipinski definition) is 1. The average Bonchev–Trinajstić information content (AvgIpc) is 2.87. The lowest BCUT2D eigenvalue weighted by atomic mass is 10.1. The molecule has 20 heavy (non-hydrogen) atoms. The molecular formula is C12H11BrFN3O3. The third kappa shape index (κ3) is 2.64. The summed E-state index contributed by atoms with van der Waals surface area (Å²) < 4.78 is 24.2. The normalized spacial score (nSPS) is 10.4. The maximum absolute atomic E-state index is 13.9. The van der Waals surface area contributed by atoms with Crippen molar-refractivity contribution in [3.05, 3.63) is 28.1 Å². The Balaban J connectivity index is 2.58. The summed E-state index contributed by atoms with van der Waals surface area (Å²) in [5.41, 5.74) is 0.444. The van der Waals surface area contributed by atoms with Crippen molar-refractivity contribution in [2.45, 2.75) is 6.92 Å². The summed E-state index contributed by atoms with van der Waals surface area (Å²) >= 11 is 3.18. The summed E-state index contributed by atoms with van der Waals surface area (Å²) in [5.74, 6) is -1.24. The Morgan fingerprint density at radius 3 is 2.85 bits per heavy atom. The van der Waals surface area contributed by atoms with Crippen LogP contribution in [-0.4, -0.2) is 35.1 Å². The molecule has 8 heteroatoms. The maximum atomic E-state index is 13.9. The predicted octanol–water partition coefficient (Wildman–Crippen LogP) is 2.56. The summed E-state index contributed by atoms with van der Waals surface area (Å²) in [6.07, 6.45) is 0. The number of esters is 1. The molecule has 1 heterocycles. The van der Waals surface area contributed by atoms with E-state index in [-0.39, 0.29) is 23.7 Å². The third-order valence-electron chi connectivity index (χ3n) is 2.48. The van der Waals surface area contributed by atoms with Gasteiger partial charge in [0.2, 0.25) is 0 Å². The molecule has 1 N–H and O–H groups in total. The number of aromatic nitrogens is 3. The first-order valence-electron chi connectivity index (χ1n) is 5.69. The van der Waals surface area contributed by atoms with Crippen molar-refractivity contribution in [3.63, 3.8) is 0 Å². The van der Waals surface area contributed by atoms with Gasteiger partial charge in [-0.25, -0.2) is 9.18 Å². The molecule has 0 saturated heterocycles. The molecule has 0 aliphatic rings. The highest BCUT2D eigenvalue weighted by Gasteiger charge is 2.23. The summed E-state index contributed by atoms with van der Waals surface area (Å²) in [7, 11) is 1.33. The minimum Gasteiger partial charge on any atom is -0.493 e. The molecule has 0 radical (unpaired) electrons. The zero-order chi connectivity index (χ0) is 14.7. The number of nitrogens with zero attached hydrogens (tertiary/aromatic N) is 2. The molecule has 0 fully saturated rings. The van der Waals surface area contributed by atoms with E-state index < -0.39 is 11.8 Å². The van der Waals surface area contributed by atoms with Crippen molar-refractivity contribution < 1.29 is 18.7 Å². The molecule has 2 rings (SSSR count). The van der Waals surface area contributed by atoms with Crippen molar-refractivity contribution >= 4 is 21.9 Å². The first-order chi connectivity index (χ1) is 9.58. The van der Waals surface area contributed by atoms with Crippen LogP contribution in [0.2, 0.25) is 0 Å². The van der Waals surface area contributed by atoms with E-state index >= 15 is 0 Å². The lowest BCUT2D eigenvalue weighted by molar-refractivity contribution is 0.0520. The number of nitrogens with one attached hydrogen (secondary N) is 1. The zero-order valence-corrected chi connectivity index (χ0v) is 12.3. The number of aromatic amines is 1. The minimum atomic E-state index is -0.640. The first-order valence-corrected chi connectivity index (χ1v) is 6.49. The van der Waals surface area contributed by atoms with Crippen LogP contribution in [0.3, 0.4) is 0 Å². The molecule has 0 aliphatic carbocycles. The molecule has 0 aliphatic heterocycles. The molecule has 0 saturated carbocycles. The zero-order valence-electron chi connectivity index (χ0n) is 10.7. The number of H-pyrrole nitrogens is 1. The topological polar surface area (TPSA) is 77.1 Å². The van der Waals surface area contributed by atoms with Gasteiger partial charge in [0.25, 0.3) is 0 Å². The molecule has 106 valence electrons. The van der Waals surface area contributed by atoms with E-state index in [9.17, 15) is 9.18 Å². The summed E-state index contributed by atoms with van der Waals surface area (Å²) in [6.45, 7) is 1.88. The number of carbonyl (C=O) groups excluding carboxylic acids is 1. The Kier molecular flexibility index (Phi) is 4.33. The fourth-order valence-corrected chi connectivity index (χ4v) is 2.13. The molecule has 0 amide bonds. The molecular weight excluding hydrogens is 333 g/mol. The van der Waals surface area contributed by atoms with E-state index in [1.807, 2.05) is 0 Å². The highest BCUT2D eigenvalue weighted by Crippen LogP contribution is 2.35. The van der Waals surface area contributed by atoms with Gasteiger partial charge in [0, 0.05) is 4.47 Å². The molecule has 0 bridgehead atoms. The second-order valence-electron chi connectivity index (χ2n) is 3.71. The van der Waals surface area contributed by atoms with Gasteiger partial charge in [-0.1, -0.05) is 15.9 Å². The van der Waals surface area contributed by atoms with Crippen LogP contribution >= 0.6 is 15.9 Å². The second kappa shape index (κ2) is 6.00. The van der Waals surface area contributed by atoms with Crippen LogP contribution in [0.1, 0.15) is 17.4 Å².